The van der Waals surface area contributed by atoms with Crippen LogP contribution in [0.15, 0.2) is 40.8 Å². The highest BCUT2D eigenvalue weighted by Crippen LogP contribution is 2.19. The van der Waals surface area contributed by atoms with Gasteiger partial charge in [0, 0.05) is 15.6 Å². The fourth-order valence-corrected chi connectivity index (χ4v) is 2.24. The maximum absolute atomic E-state index is 11.7. The molecule has 108 valence electrons. The summed E-state index contributed by atoms with van der Waals surface area (Å²) in [6.45, 7) is 1.80. The molecule has 7 heteroatoms. The van der Waals surface area contributed by atoms with Crippen molar-refractivity contribution in [1.82, 2.24) is 5.43 Å². The van der Waals surface area contributed by atoms with Crippen LogP contribution in [0.1, 0.15) is 10.4 Å². The molecule has 0 saturated carbocycles. The number of thiophene rings is 1. The van der Waals surface area contributed by atoms with E-state index in [0.29, 0.717) is 10.7 Å². The molecule has 0 radical (unpaired) electrons. The molecule has 0 aliphatic carbocycles. The van der Waals surface area contributed by atoms with E-state index in [1.165, 1.54) is 17.6 Å². The highest BCUT2D eigenvalue weighted by atomic mass is 35.5. The third-order valence-corrected chi connectivity index (χ3v) is 3.60. The van der Waals surface area contributed by atoms with Crippen LogP contribution in [0.3, 0.4) is 0 Å². The van der Waals surface area contributed by atoms with Gasteiger partial charge in [-0.15, -0.1) is 11.3 Å². The van der Waals surface area contributed by atoms with E-state index in [-0.39, 0.29) is 0 Å². The van der Waals surface area contributed by atoms with E-state index >= 15 is 0 Å². The molecule has 1 aromatic carbocycles. The fourth-order valence-electron chi connectivity index (χ4n) is 1.48. The van der Waals surface area contributed by atoms with E-state index in [1.807, 2.05) is 17.5 Å². The number of nitrogens with zero attached hydrogens (tertiary/aromatic N) is 1. The van der Waals surface area contributed by atoms with Crippen LogP contribution in [0.2, 0.25) is 5.02 Å². The van der Waals surface area contributed by atoms with Gasteiger partial charge in [0.25, 0.3) is 0 Å². The lowest BCUT2D eigenvalue weighted by Crippen LogP contribution is -2.32. The summed E-state index contributed by atoms with van der Waals surface area (Å²) in [6.07, 6.45) is 1.47. The van der Waals surface area contributed by atoms with Crippen LogP contribution >= 0.6 is 22.9 Å². The van der Waals surface area contributed by atoms with E-state index in [0.717, 1.165) is 10.4 Å². The predicted molar refractivity (Wildman–Crippen MR) is 84.9 cm³/mol. The van der Waals surface area contributed by atoms with Crippen LogP contribution in [0, 0.1) is 6.92 Å². The highest BCUT2D eigenvalue weighted by molar-refractivity contribution is 7.11. The number of aryl methyl sites for hydroxylation is 1. The second kappa shape index (κ2) is 7.01. The Kier molecular flexibility index (Phi) is 5.08. The smallest absolute Gasteiger partial charge is 0.317 e. The van der Waals surface area contributed by atoms with Gasteiger partial charge in [0.05, 0.1) is 6.21 Å². The number of hydrazone groups is 1. The van der Waals surface area contributed by atoms with Gasteiger partial charge in [-0.05, 0) is 36.1 Å². The number of amides is 2. The van der Waals surface area contributed by atoms with Crippen molar-refractivity contribution in [2.45, 2.75) is 6.92 Å². The molecule has 0 bridgehead atoms. The van der Waals surface area contributed by atoms with E-state index in [4.69, 9.17) is 11.6 Å². The van der Waals surface area contributed by atoms with Gasteiger partial charge in [-0.25, -0.2) is 5.43 Å². The molecule has 2 aromatic rings. The minimum absolute atomic E-state index is 0.479. The van der Waals surface area contributed by atoms with Crippen molar-refractivity contribution in [3.8, 4) is 0 Å². The average Bonchev–Trinajstić information content (AvgIpc) is 2.96. The monoisotopic (exact) mass is 321 g/mol. The zero-order chi connectivity index (χ0) is 15.2. The fraction of sp³-hybridized carbons (Fsp3) is 0.0714. The summed E-state index contributed by atoms with van der Waals surface area (Å²) in [5.74, 6) is -1.65. The van der Waals surface area contributed by atoms with Crippen LogP contribution in [0.4, 0.5) is 5.69 Å². The normalized spacial score (nSPS) is 10.6. The Hall–Kier alpha value is -2.18. The van der Waals surface area contributed by atoms with Crippen molar-refractivity contribution in [2.75, 3.05) is 5.32 Å². The molecule has 0 unspecified atom stereocenters. The molecule has 0 atom stereocenters. The van der Waals surface area contributed by atoms with Gasteiger partial charge < -0.3 is 5.32 Å². The van der Waals surface area contributed by atoms with Crippen LogP contribution < -0.4 is 10.7 Å². The van der Waals surface area contributed by atoms with Crippen molar-refractivity contribution >= 4 is 46.7 Å². The topological polar surface area (TPSA) is 70.6 Å². The van der Waals surface area contributed by atoms with Crippen LogP contribution in [0.25, 0.3) is 0 Å². The van der Waals surface area contributed by atoms with Crippen LogP contribution in [0.5, 0.6) is 0 Å². The lowest BCUT2D eigenvalue weighted by Gasteiger charge is -2.07. The van der Waals surface area contributed by atoms with Gasteiger partial charge in [-0.2, -0.15) is 5.10 Å². The number of hydrogen-bond donors (Lipinski definition) is 2. The van der Waals surface area contributed by atoms with Gasteiger partial charge in [0.1, 0.15) is 0 Å². The second-order valence-electron chi connectivity index (χ2n) is 4.13. The number of rotatable bonds is 3. The number of anilines is 1. The average molecular weight is 322 g/mol. The molecule has 0 spiro atoms. The summed E-state index contributed by atoms with van der Waals surface area (Å²) in [7, 11) is 0. The molecule has 2 rings (SSSR count). The largest absolute Gasteiger partial charge is 0.329 e. The third-order valence-electron chi connectivity index (χ3n) is 2.56. The third kappa shape index (κ3) is 4.40. The molecule has 2 N–H and O–H groups in total. The summed E-state index contributed by atoms with van der Waals surface area (Å²) >= 11 is 7.32. The van der Waals surface area contributed by atoms with Crippen molar-refractivity contribution in [2.24, 2.45) is 5.10 Å². The first-order chi connectivity index (χ1) is 10.1. The Morgan fingerprint density at radius 2 is 2.10 bits per heavy atom. The minimum Gasteiger partial charge on any atom is -0.317 e. The molecule has 0 fully saturated rings. The number of carbonyl (C=O) groups is 2. The Morgan fingerprint density at radius 3 is 2.81 bits per heavy atom. The summed E-state index contributed by atoms with van der Waals surface area (Å²) in [5, 5.41) is 8.57. The Morgan fingerprint density at radius 1 is 1.29 bits per heavy atom. The molecule has 0 saturated heterocycles. The summed E-state index contributed by atoms with van der Waals surface area (Å²) < 4.78 is 0. The maximum atomic E-state index is 11.7. The SMILES string of the molecule is Cc1ccc(Cl)cc1NC(=O)C(=O)N/N=C/c1cccs1. The first kappa shape index (κ1) is 15.2. The summed E-state index contributed by atoms with van der Waals surface area (Å²) in [4.78, 5) is 24.2. The molecule has 1 heterocycles. The first-order valence-corrected chi connectivity index (χ1v) is 7.26. The Balaban J connectivity index is 1.93. The van der Waals surface area contributed by atoms with Crippen molar-refractivity contribution in [3.05, 3.63) is 51.2 Å². The van der Waals surface area contributed by atoms with E-state index < -0.39 is 11.8 Å². The first-order valence-electron chi connectivity index (χ1n) is 6.00. The number of benzene rings is 1. The van der Waals surface area contributed by atoms with Crippen molar-refractivity contribution in [1.29, 1.82) is 0 Å². The van der Waals surface area contributed by atoms with Gasteiger partial charge >= 0.3 is 11.8 Å². The van der Waals surface area contributed by atoms with Crippen molar-refractivity contribution < 1.29 is 9.59 Å². The zero-order valence-corrected chi connectivity index (χ0v) is 12.7. The van der Waals surface area contributed by atoms with E-state index in [1.54, 1.807) is 25.1 Å². The van der Waals surface area contributed by atoms with Crippen molar-refractivity contribution in [3.63, 3.8) is 0 Å². The Labute approximate surface area is 130 Å². The quantitative estimate of drug-likeness (QED) is 0.518. The highest BCUT2D eigenvalue weighted by Gasteiger charge is 2.14. The predicted octanol–water partition coefficient (Wildman–Crippen LogP) is 2.80. The molecule has 1 aromatic heterocycles. The molecule has 0 aliphatic heterocycles. The second-order valence-corrected chi connectivity index (χ2v) is 5.54. The van der Waals surface area contributed by atoms with E-state index in [9.17, 15) is 9.59 Å². The number of hydrogen-bond acceptors (Lipinski definition) is 4. The van der Waals surface area contributed by atoms with Gasteiger partial charge in [0.2, 0.25) is 0 Å². The minimum atomic E-state index is -0.845. The molecular weight excluding hydrogens is 310 g/mol. The number of halogens is 1. The van der Waals surface area contributed by atoms with Gasteiger partial charge in [0.15, 0.2) is 0 Å². The maximum Gasteiger partial charge on any atom is 0.329 e. The summed E-state index contributed by atoms with van der Waals surface area (Å²) in [5.41, 5.74) is 3.47. The molecule has 2 amide bonds. The Bertz CT molecular complexity index is 684. The number of carbonyl (C=O) groups excluding carboxylic acids is 2. The van der Waals surface area contributed by atoms with Crippen LogP contribution in [-0.2, 0) is 9.59 Å². The molecule has 21 heavy (non-hydrogen) atoms. The van der Waals surface area contributed by atoms with E-state index in [2.05, 4.69) is 15.8 Å². The standard InChI is InChI=1S/C14H12ClN3O2S/c1-9-4-5-10(15)7-12(9)17-13(19)14(20)18-16-8-11-3-2-6-21-11/h2-8H,1H3,(H,17,19)(H,18,20)/b16-8+. The summed E-state index contributed by atoms with van der Waals surface area (Å²) in [6, 6.07) is 8.75. The lowest BCUT2D eigenvalue weighted by atomic mass is 10.2. The lowest BCUT2D eigenvalue weighted by molar-refractivity contribution is -0.136. The van der Waals surface area contributed by atoms with Crippen LogP contribution in [-0.4, -0.2) is 18.0 Å². The van der Waals surface area contributed by atoms with Gasteiger partial charge in [-0.3, -0.25) is 9.59 Å². The molecular formula is C14H12ClN3O2S. The molecule has 0 aliphatic rings. The zero-order valence-electron chi connectivity index (χ0n) is 11.1. The number of nitrogens with one attached hydrogen (secondary N) is 2. The van der Waals surface area contributed by atoms with Gasteiger partial charge in [-0.1, -0.05) is 23.7 Å². The molecule has 5 nitrogen and oxygen atoms in total.